The Kier molecular flexibility index (Phi) is 7.46. The molecule has 0 aromatic heterocycles. The van der Waals surface area contributed by atoms with Crippen molar-refractivity contribution in [3.8, 4) is 11.5 Å². The summed E-state index contributed by atoms with van der Waals surface area (Å²) in [7, 11) is 0. The highest BCUT2D eigenvalue weighted by Gasteiger charge is 2.53. The van der Waals surface area contributed by atoms with Crippen molar-refractivity contribution in [1.82, 2.24) is 0 Å². The maximum absolute atomic E-state index is 14.5. The number of carbonyl (C=O) groups is 1. The molecule has 42 heavy (non-hydrogen) atoms. The number of carbonyl (C=O) groups excluding carboxylic acids is 1. The molecule has 0 fully saturated rings. The summed E-state index contributed by atoms with van der Waals surface area (Å²) in [5.41, 5.74) is 6.22. The monoisotopic (exact) mass is 569 g/mol. The van der Waals surface area contributed by atoms with Crippen molar-refractivity contribution in [2.45, 2.75) is 124 Å². The number of phenolic OH excluding ortho intramolecular Hbond substituents is 1. The van der Waals surface area contributed by atoms with Gasteiger partial charge in [-0.05, 0) is 76.0 Å². The second kappa shape index (κ2) is 9.89. The molecule has 0 radical (unpaired) electrons. The number of esters is 1. The Morgan fingerprint density at radius 2 is 1.19 bits per heavy atom. The molecule has 0 saturated heterocycles. The molecule has 0 spiro atoms. The summed E-state index contributed by atoms with van der Waals surface area (Å²) >= 11 is 0. The fourth-order valence-corrected chi connectivity index (χ4v) is 5.79. The summed E-state index contributed by atoms with van der Waals surface area (Å²) in [5, 5.41) is 15.2. The van der Waals surface area contributed by atoms with Crippen LogP contribution in [0.2, 0.25) is 0 Å². The fourth-order valence-electron chi connectivity index (χ4n) is 5.79. The SMILES string of the molecule is Cc1ccc(C2(Nc3cc(C(C)(C)C)c(O)c(C(C)(C)C)c3)C(=O)Oc3c(C(C)(C)C)cc(C(C)(C)C)cc32)cc1C. The van der Waals surface area contributed by atoms with Crippen molar-refractivity contribution in [3.63, 3.8) is 0 Å². The van der Waals surface area contributed by atoms with Crippen molar-refractivity contribution >= 4 is 11.7 Å². The molecule has 4 heteroatoms. The smallest absolute Gasteiger partial charge is 0.346 e. The molecular formula is C38H51NO3. The van der Waals surface area contributed by atoms with E-state index in [0.29, 0.717) is 11.5 Å². The third kappa shape index (κ3) is 5.45. The molecular weight excluding hydrogens is 518 g/mol. The molecule has 1 unspecified atom stereocenters. The lowest BCUT2D eigenvalue weighted by Crippen LogP contribution is -2.43. The van der Waals surface area contributed by atoms with Crippen LogP contribution in [0.5, 0.6) is 11.5 Å². The van der Waals surface area contributed by atoms with Crippen LogP contribution in [0.4, 0.5) is 5.69 Å². The molecule has 226 valence electrons. The van der Waals surface area contributed by atoms with Gasteiger partial charge < -0.3 is 15.2 Å². The number of rotatable bonds is 3. The average Bonchev–Trinajstić information content (AvgIpc) is 3.10. The van der Waals surface area contributed by atoms with Gasteiger partial charge in [0.2, 0.25) is 0 Å². The molecule has 1 aliphatic rings. The number of hydrogen-bond donors (Lipinski definition) is 2. The van der Waals surface area contributed by atoms with E-state index in [9.17, 15) is 9.90 Å². The van der Waals surface area contributed by atoms with E-state index in [-0.39, 0.29) is 27.6 Å². The van der Waals surface area contributed by atoms with E-state index in [2.05, 4.69) is 127 Å². The Balaban J connectivity index is 2.14. The second-order valence-corrected chi connectivity index (χ2v) is 16.4. The first-order valence-corrected chi connectivity index (χ1v) is 15.1. The average molecular weight is 570 g/mol. The van der Waals surface area contributed by atoms with Crippen molar-refractivity contribution in [1.29, 1.82) is 0 Å². The zero-order valence-corrected chi connectivity index (χ0v) is 28.3. The molecule has 1 heterocycles. The molecule has 4 rings (SSSR count). The normalized spacial score (nSPS) is 17.7. The minimum absolute atomic E-state index is 0.146. The fraction of sp³-hybridized carbons (Fsp3) is 0.500. The Bertz CT molecular complexity index is 1520. The molecule has 1 atom stereocenters. The lowest BCUT2D eigenvalue weighted by Gasteiger charge is -2.34. The first-order valence-electron chi connectivity index (χ1n) is 15.1. The zero-order valence-electron chi connectivity index (χ0n) is 28.3. The summed E-state index contributed by atoms with van der Waals surface area (Å²) in [6, 6.07) is 14.6. The van der Waals surface area contributed by atoms with Gasteiger partial charge >= 0.3 is 5.97 Å². The van der Waals surface area contributed by atoms with Gasteiger partial charge in [-0.3, -0.25) is 0 Å². The number of benzene rings is 3. The van der Waals surface area contributed by atoms with Crippen LogP contribution in [-0.4, -0.2) is 11.1 Å². The van der Waals surface area contributed by atoms with Crippen LogP contribution in [0.3, 0.4) is 0 Å². The zero-order chi connectivity index (χ0) is 31.8. The number of phenols is 1. The lowest BCUT2D eigenvalue weighted by atomic mass is 9.74. The maximum atomic E-state index is 14.5. The van der Waals surface area contributed by atoms with Crippen LogP contribution < -0.4 is 10.1 Å². The van der Waals surface area contributed by atoms with Crippen LogP contribution in [0, 0.1) is 13.8 Å². The second-order valence-electron chi connectivity index (χ2n) is 16.4. The molecule has 4 nitrogen and oxygen atoms in total. The Hall–Kier alpha value is -3.27. The van der Waals surface area contributed by atoms with Gasteiger partial charge in [0, 0.05) is 27.9 Å². The molecule has 2 N–H and O–H groups in total. The summed E-state index contributed by atoms with van der Waals surface area (Å²) in [6.07, 6.45) is 0. The maximum Gasteiger partial charge on any atom is 0.346 e. The van der Waals surface area contributed by atoms with Crippen molar-refractivity contribution in [2.24, 2.45) is 0 Å². The third-order valence-corrected chi connectivity index (χ3v) is 8.67. The van der Waals surface area contributed by atoms with Crippen LogP contribution in [0.15, 0.2) is 42.5 Å². The lowest BCUT2D eigenvalue weighted by molar-refractivity contribution is -0.136. The summed E-state index contributed by atoms with van der Waals surface area (Å²) in [6.45, 7) is 29.9. The van der Waals surface area contributed by atoms with E-state index < -0.39 is 5.54 Å². The first kappa shape index (κ1) is 31.7. The summed E-state index contributed by atoms with van der Waals surface area (Å²) in [4.78, 5) is 14.5. The van der Waals surface area contributed by atoms with Gasteiger partial charge in [-0.25, -0.2) is 4.79 Å². The van der Waals surface area contributed by atoms with E-state index in [4.69, 9.17) is 4.74 Å². The van der Waals surface area contributed by atoms with Crippen molar-refractivity contribution in [2.75, 3.05) is 5.32 Å². The van der Waals surface area contributed by atoms with Crippen molar-refractivity contribution < 1.29 is 14.6 Å². The predicted octanol–water partition coefficient (Wildman–Crippen LogP) is 9.47. The standard InChI is InChI=1S/C38H51NO3/c1-22-15-16-24(17-23(22)2)38(39-26-20-27(35(6,7)8)31(40)28(21-26)36(9,10)11)30-19-25(34(3,4)5)18-29(37(12,13)14)32(30)42-33(38)41/h15-21,39-40H,1-14H3. The number of fused-ring (bicyclic) bond motifs is 1. The number of anilines is 1. The highest BCUT2D eigenvalue weighted by molar-refractivity contribution is 5.98. The van der Waals surface area contributed by atoms with E-state index in [1.54, 1.807) is 0 Å². The Labute approximate surface area is 253 Å². The van der Waals surface area contributed by atoms with Gasteiger partial charge in [-0.15, -0.1) is 0 Å². The summed E-state index contributed by atoms with van der Waals surface area (Å²) in [5.74, 6) is 0.595. The first-order chi connectivity index (χ1) is 19.0. The molecule has 0 bridgehead atoms. The van der Waals surface area contributed by atoms with Crippen LogP contribution >= 0.6 is 0 Å². The summed E-state index contributed by atoms with van der Waals surface area (Å²) < 4.78 is 6.31. The minimum Gasteiger partial charge on any atom is -0.507 e. The van der Waals surface area contributed by atoms with Crippen LogP contribution in [0.25, 0.3) is 0 Å². The van der Waals surface area contributed by atoms with Gasteiger partial charge in [0.15, 0.2) is 5.54 Å². The minimum atomic E-state index is -1.28. The van der Waals surface area contributed by atoms with Crippen LogP contribution in [-0.2, 0) is 32.0 Å². The van der Waals surface area contributed by atoms with Gasteiger partial charge in [-0.1, -0.05) is 107 Å². The quantitative estimate of drug-likeness (QED) is 0.187. The van der Waals surface area contributed by atoms with Crippen molar-refractivity contribution in [3.05, 3.63) is 87.0 Å². The number of aromatic hydroxyl groups is 1. The number of ether oxygens (including phenoxy) is 1. The molecule has 0 saturated carbocycles. The third-order valence-electron chi connectivity index (χ3n) is 8.67. The molecule has 0 amide bonds. The van der Waals surface area contributed by atoms with Gasteiger partial charge in [0.1, 0.15) is 11.5 Å². The van der Waals surface area contributed by atoms with Gasteiger partial charge in [-0.2, -0.15) is 0 Å². The Morgan fingerprint density at radius 3 is 1.64 bits per heavy atom. The topological polar surface area (TPSA) is 58.6 Å². The van der Waals surface area contributed by atoms with Gasteiger partial charge in [0.25, 0.3) is 0 Å². The highest BCUT2D eigenvalue weighted by atomic mass is 16.5. The number of aryl methyl sites for hydroxylation is 2. The Morgan fingerprint density at radius 1 is 0.667 bits per heavy atom. The predicted molar refractivity (Wildman–Crippen MR) is 175 cm³/mol. The molecule has 3 aromatic carbocycles. The van der Waals surface area contributed by atoms with Crippen LogP contribution in [0.1, 0.15) is 128 Å². The van der Waals surface area contributed by atoms with Gasteiger partial charge in [0.05, 0.1) is 0 Å². The van der Waals surface area contributed by atoms with E-state index >= 15 is 0 Å². The molecule has 0 aliphatic carbocycles. The number of nitrogens with one attached hydrogen (secondary N) is 1. The highest BCUT2D eigenvalue weighted by Crippen LogP contribution is 2.52. The number of hydrogen-bond acceptors (Lipinski definition) is 4. The van der Waals surface area contributed by atoms with E-state index in [1.165, 1.54) is 0 Å². The van der Waals surface area contributed by atoms with E-state index in [0.717, 1.165) is 50.2 Å². The molecule has 1 aliphatic heterocycles. The van der Waals surface area contributed by atoms with E-state index in [1.807, 2.05) is 18.2 Å². The molecule has 3 aromatic rings. The largest absolute Gasteiger partial charge is 0.507 e.